The maximum atomic E-state index is 3.38. The van der Waals surface area contributed by atoms with E-state index >= 15 is 0 Å². The molecule has 2 aromatic rings. The van der Waals surface area contributed by atoms with Gasteiger partial charge in [0.15, 0.2) is 0 Å². The Morgan fingerprint density at radius 3 is 2.17 bits per heavy atom. The van der Waals surface area contributed by atoms with Crippen molar-refractivity contribution < 1.29 is 0 Å². The molecule has 0 spiro atoms. The molecule has 2 aromatic carbocycles. The predicted molar refractivity (Wildman–Crippen MR) is 105 cm³/mol. The van der Waals surface area contributed by atoms with Crippen molar-refractivity contribution in [2.75, 3.05) is 33.7 Å². The van der Waals surface area contributed by atoms with E-state index in [1.54, 1.807) is 0 Å². The van der Waals surface area contributed by atoms with E-state index in [1.165, 1.54) is 24.0 Å². The Hall–Kier alpha value is -1.64. The predicted octanol–water partition coefficient (Wildman–Crippen LogP) is 4.12. The number of benzene rings is 2. The van der Waals surface area contributed by atoms with Crippen molar-refractivity contribution in [3.8, 4) is 0 Å². The van der Waals surface area contributed by atoms with Crippen LogP contribution in [0.5, 0.6) is 0 Å². The Morgan fingerprint density at radius 2 is 1.54 bits per heavy atom. The molecule has 0 fully saturated rings. The van der Waals surface area contributed by atoms with Gasteiger partial charge in [-0.25, -0.2) is 0 Å². The number of hydrogen-bond acceptors (Lipinski definition) is 2. The van der Waals surface area contributed by atoms with E-state index in [9.17, 15) is 0 Å². The molecule has 1 atom stereocenters. The standard InChI is InChI=1S/C22H32N2/c1-22(19-23-2,21-13-8-5-9-14-21)16-10-17-24(3)18-15-20-11-6-4-7-12-20/h4-9,11-14,23H,10,15-19H2,1-3H3. The van der Waals surface area contributed by atoms with Crippen LogP contribution in [-0.2, 0) is 11.8 Å². The van der Waals surface area contributed by atoms with Gasteiger partial charge >= 0.3 is 0 Å². The lowest BCUT2D eigenvalue weighted by Crippen LogP contribution is -2.35. The fourth-order valence-corrected chi connectivity index (χ4v) is 3.38. The third-order valence-corrected chi connectivity index (χ3v) is 4.93. The molecule has 0 saturated heterocycles. The van der Waals surface area contributed by atoms with Crippen molar-refractivity contribution in [1.82, 2.24) is 10.2 Å². The molecule has 0 aliphatic rings. The van der Waals surface area contributed by atoms with Crippen LogP contribution in [0, 0.1) is 0 Å². The van der Waals surface area contributed by atoms with E-state index in [-0.39, 0.29) is 5.41 Å². The highest BCUT2D eigenvalue weighted by atomic mass is 15.1. The van der Waals surface area contributed by atoms with Gasteiger partial charge in [-0.05, 0) is 51.0 Å². The second kappa shape index (κ2) is 9.61. The number of nitrogens with one attached hydrogen (secondary N) is 1. The molecule has 0 saturated carbocycles. The smallest absolute Gasteiger partial charge is 0.00499 e. The molecule has 0 heterocycles. The first-order valence-corrected chi connectivity index (χ1v) is 9.07. The number of rotatable bonds is 10. The van der Waals surface area contributed by atoms with E-state index in [1.807, 2.05) is 7.05 Å². The van der Waals surface area contributed by atoms with Gasteiger partial charge in [0.2, 0.25) is 0 Å². The first-order valence-electron chi connectivity index (χ1n) is 9.07. The lowest BCUT2D eigenvalue weighted by molar-refractivity contribution is 0.304. The molecule has 0 aliphatic carbocycles. The Kier molecular flexibility index (Phi) is 7.48. The lowest BCUT2D eigenvalue weighted by atomic mass is 9.78. The number of hydrogen-bond donors (Lipinski definition) is 1. The van der Waals surface area contributed by atoms with Gasteiger partial charge in [-0.15, -0.1) is 0 Å². The summed E-state index contributed by atoms with van der Waals surface area (Å²) < 4.78 is 0. The maximum Gasteiger partial charge on any atom is 0.00499 e. The summed E-state index contributed by atoms with van der Waals surface area (Å²) in [4.78, 5) is 2.46. The monoisotopic (exact) mass is 324 g/mol. The zero-order valence-electron chi connectivity index (χ0n) is 15.5. The molecule has 0 bridgehead atoms. The minimum atomic E-state index is 0.205. The quantitative estimate of drug-likeness (QED) is 0.707. The zero-order valence-corrected chi connectivity index (χ0v) is 15.5. The second-order valence-corrected chi connectivity index (χ2v) is 7.10. The van der Waals surface area contributed by atoms with Gasteiger partial charge in [0, 0.05) is 18.5 Å². The second-order valence-electron chi connectivity index (χ2n) is 7.10. The lowest BCUT2D eigenvalue weighted by Gasteiger charge is -2.31. The Labute approximate surface area is 147 Å². The van der Waals surface area contributed by atoms with E-state index in [4.69, 9.17) is 0 Å². The van der Waals surface area contributed by atoms with Crippen LogP contribution < -0.4 is 5.32 Å². The van der Waals surface area contributed by atoms with Crippen LogP contribution >= 0.6 is 0 Å². The Bertz CT molecular complexity index is 567. The number of nitrogens with zero attached hydrogens (tertiary/aromatic N) is 1. The summed E-state index contributed by atoms with van der Waals surface area (Å²) in [6.07, 6.45) is 3.55. The molecule has 2 heteroatoms. The van der Waals surface area contributed by atoms with Gasteiger partial charge in [0.1, 0.15) is 0 Å². The summed E-state index contributed by atoms with van der Waals surface area (Å²) in [6.45, 7) is 5.67. The summed E-state index contributed by atoms with van der Waals surface area (Å²) in [5.74, 6) is 0. The van der Waals surface area contributed by atoms with E-state index in [0.29, 0.717) is 0 Å². The van der Waals surface area contributed by atoms with Gasteiger partial charge in [0.25, 0.3) is 0 Å². The Balaban J connectivity index is 1.80. The third-order valence-electron chi connectivity index (χ3n) is 4.93. The highest BCUT2D eigenvalue weighted by Crippen LogP contribution is 2.28. The van der Waals surface area contributed by atoms with Crippen molar-refractivity contribution >= 4 is 0 Å². The fourth-order valence-electron chi connectivity index (χ4n) is 3.38. The number of likely N-dealkylation sites (N-methyl/N-ethyl adjacent to an activating group) is 2. The molecule has 0 radical (unpaired) electrons. The fraction of sp³-hybridized carbons (Fsp3) is 0.455. The summed E-state index contributed by atoms with van der Waals surface area (Å²) in [7, 11) is 4.29. The minimum Gasteiger partial charge on any atom is -0.319 e. The topological polar surface area (TPSA) is 15.3 Å². The molecule has 130 valence electrons. The van der Waals surface area contributed by atoms with Gasteiger partial charge in [-0.1, -0.05) is 67.6 Å². The van der Waals surface area contributed by atoms with E-state index < -0.39 is 0 Å². The zero-order chi connectivity index (χ0) is 17.3. The summed E-state index contributed by atoms with van der Waals surface area (Å²) in [6, 6.07) is 21.7. The van der Waals surface area contributed by atoms with Crippen molar-refractivity contribution in [2.45, 2.75) is 31.6 Å². The summed E-state index contributed by atoms with van der Waals surface area (Å²) in [5.41, 5.74) is 3.07. The highest BCUT2D eigenvalue weighted by Gasteiger charge is 2.25. The largest absolute Gasteiger partial charge is 0.319 e. The third kappa shape index (κ3) is 5.77. The summed E-state index contributed by atoms with van der Waals surface area (Å²) >= 11 is 0. The normalized spacial score (nSPS) is 13.8. The average Bonchev–Trinajstić information content (AvgIpc) is 2.62. The molecule has 0 aromatic heterocycles. The van der Waals surface area contributed by atoms with Crippen molar-refractivity contribution in [3.05, 3.63) is 71.8 Å². The van der Waals surface area contributed by atoms with Crippen LogP contribution in [0.25, 0.3) is 0 Å². The molecule has 0 amide bonds. The molecule has 1 N–H and O–H groups in total. The van der Waals surface area contributed by atoms with Gasteiger partial charge in [-0.3, -0.25) is 0 Å². The molecule has 2 rings (SSSR count). The molecular weight excluding hydrogens is 292 g/mol. The molecule has 24 heavy (non-hydrogen) atoms. The van der Waals surface area contributed by atoms with Crippen molar-refractivity contribution in [1.29, 1.82) is 0 Å². The first kappa shape index (κ1) is 18.7. The van der Waals surface area contributed by atoms with Gasteiger partial charge < -0.3 is 10.2 Å². The minimum absolute atomic E-state index is 0.205. The summed E-state index contributed by atoms with van der Waals surface area (Å²) in [5, 5.41) is 3.38. The van der Waals surface area contributed by atoms with Crippen LogP contribution in [0.1, 0.15) is 30.9 Å². The molecular formula is C22H32N2. The van der Waals surface area contributed by atoms with E-state index in [2.05, 4.69) is 84.9 Å². The van der Waals surface area contributed by atoms with Crippen LogP contribution in [-0.4, -0.2) is 38.6 Å². The SMILES string of the molecule is CNCC(C)(CCCN(C)CCc1ccccc1)c1ccccc1. The Morgan fingerprint density at radius 1 is 0.917 bits per heavy atom. The highest BCUT2D eigenvalue weighted by molar-refractivity contribution is 5.25. The van der Waals surface area contributed by atoms with Crippen LogP contribution in [0.15, 0.2) is 60.7 Å². The van der Waals surface area contributed by atoms with Gasteiger partial charge in [-0.2, -0.15) is 0 Å². The maximum absolute atomic E-state index is 3.38. The first-order chi connectivity index (χ1) is 11.6. The van der Waals surface area contributed by atoms with E-state index in [0.717, 1.165) is 26.1 Å². The van der Waals surface area contributed by atoms with Crippen molar-refractivity contribution in [2.24, 2.45) is 0 Å². The van der Waals surface area contributed by atoms with Gasteiger partial charge in [0.05, 0.1) is 0 Å². The van der Waals surface area contributed by atoms with Crippen LogP contribution in [0.4, 0.5) is 0 Å². The molecule has 1 unspecified atom stereocenters. The average molecular weight is 325 g/mol. The van der Waals surface area contributed by atoms with Crippen molar-refractivity contribution in [3.63, 3.8) is 0 Å². The van der Waals surface area contributed by atoms with Crippen LogP contribution in [0.2, 0.25) is 0 Å². The molecule has 2 nitrogen and oxygen atoms in total. The molecule has 0 aliphatic heterocycles. The van der Waals surface area contributed by atoms with Crippen LogP contribution in [0.3, 0.4) is 0 Å².